The smallest absolute Gasteiger partial charge is 0.305 e. The Labute approximate surface area is 200 Å². The van der Waals surface area contributed by atoms with Gasteiger partial charge in [0.25, 0.3) is 0 Å². The van der Waals surface area contributed by atoms with Crippen LogP contribution in [-0.2, 0) is 38.1 Å². The molecule has 0 fully saturated rings. The van der Waals surface area contributed by atoms with Crippen LogP contribution in [-0.4, -0.2) is 42.2 Å². The second kappa shape index (κ2) is 11.8. The number of carbonyl (C=O) groups excluding carboxylic acids is 4. The Hall–Kier alpha value is -3.16. The van der Waals surface area contributed by atoms with Gasteiger partial charge in [-0.15, -0.1) is 0 Å². The fourth-order valence-electron chi connectivity index (χ4n) is 4.41. The zero-order chi connectivity index (χ0) is 25.6. The monoisotopic (exact) mass is 474 g/mol. The Bertz CT molecular complexity index is 934. The summed E-state index contributed by atoms with van der Waals surface area (Å²) in [6.07, 6.45) is 3.06. The molecule has 1 heterocycles. The van der Waals surface area contributed by atoms with Gasteiger partial charge >= 0.3 is 17.9 Å². The van der Waals surface area contributed by atoms with Crippen LogP contribution in [0.1, 0.15) is 60.8 Å². The fraction of sp³-hybridized carbons (Fsp3) is 0.538. The maximum Gasteiger partial charge on any atom is 0.305 e. The molecular weight excluding hydrogens is 440 g/mol. The number of ketones is 1. The van der Waals surface area contributed by atoms with Crippen molar-refractivity contribution in [2.75, 3.05) is 0 Å². The second-order valence-electron chi connectivity index (χ2n) is 9.04. The molecule has 0 aromatic rings. The molecule has 0 spiro atoms. The maximum atomic E-state index is 12.5. The first-order chi connectivity index (χ1) is 15.9. The quantitative estimate of drug-likeness (QED) is 0.322. The van der Waals surface area contributed by atoms with Crippen molar-refractivity contribution < 1.29 is 38.1 Å². The van der Waals surface area contributed by atoms with Crippen LogP contribution in [0.4, 0.5) is 0 Å². The van der Waals surface area contributed by atoms with Crippen LogP contribution >= 0.6 is 0 Å². The highest BCUT2D eigenvalue weighted by molar-refractivity contribution is 5.92. The lowest BCUT2D eigenvalue weighted by Gasteiger charge is -2.41. The molecule has 0 saturated carbocycles. The van der Waals surface area contributed by atoms with Gasteiger partial charge in [-0.3, -0.25) is 19.2 Å². The molecule has 2 rings (SSSR count). The van der Waals surface area contributed by atoms with Gasteiger partial charge in [0.1, 0.15) is 0 Å². The van der Waals surface area contributed by atoms with Crippen molar-refractivity contribution in [1.29, 1.82) is 0 Å². The zero-order valence-electron chi connectivity index (χ0n) is 20.7. The number of esters is 3. The molecule has 34 heavy (non-hydrogen) atoms. The third-order valence-corrected chi connectivity index (χ3v) is 5.62. The normalized spacial score (nSPS) is 24.4. The number of hydrogen-bond donors (Lipinski definition) is 0. The standard InChI is InChI=1S/C26H34O8/c1-14(2)10-23(32-17(5)27)25(33-18(6)28)22-13-31-26(34-19(7)29)24-16(4)12-20(30)11-15(3)8-9-21(22)24/h10-11,13,21,23-26H,4,8-9,12H2,1-3,5-7H3. The molecule has 8 heteroatoms. The van der Waals surface area contributed by atoms with Crippen LogP contribution in [0, 0.1) is 11.8 Å². The molecule has 5 atom stereocenters. The molecular formula is C26H34O8. The van der Waals surface area contributed by atoms with Crippen LogP contribution in [0.25, 0.3) is 0 Å². The second-order valence-corrected chi connectivity index (χ2v) is 9.04. The molecule has 0 amide bonds. The Morgan fingerprint density at radius 3 is 2.29 bits per heavy atom. The van der Waals surface area contributed by atoms with Crippen molar-refractivity contribution in [2.45, 2.75) is 79.3 Å². The summed E-state index contributed by atoms with van der Waals surface area (Å²) >= 11 is 0. The number of fused-ring (bicyclic) bond motifs is 1. The molecule has 8 nitrogen and oxygen atoms in total. The van der Waals surface area contributed by atoms with E-state index in [9.17, 15) is 19.2 Å². The van der Waals surface area contributed by atoms with E-state index in [1.807, 2.05) is 20.8 Å². The molecule has 0 saturated heterocycles. The molecule has 0 N–H and O–H groups in total. The van der Waals surface area contributed by atoms with Gasteiger partial charge in [0.15, 0.2) is 18.0 Å². The van der Waals surface area contributed by atoms with Crippen LogP contribution < -0.4 is 0 Å². The third kappa shape index (κ3) is 7.43. The lowest BCUT2D eigenvalue weighted by Crippen LogP contribution is -2.45. The van der Waals surface area contributed by atoms with E-state index in [4.69, 9.17) is 18.9 Å². The van der Waals surface area contributed by atoms with E-state index >= 15 is 0 Å². The molecule has 1 aliphatic heterocycles. The minimum atomic E-state index is -0.987. The number of rotatable bonds is 6. The fourth-order valence-corrected chi connectivity index (χ4v) is 4.41. The largest absolute Gasteiger partial charge is 0.462 e. The van der Waals surface area contributed by atoms with Crippen LogP contribution in [0.3, 0.4) is 0 Å². The van der Waals surface area contributed by atoms with Gasteiger partial charge in [0.2, 0.25) is 6.29 Å². The number of hydrogen-bond acceptors (Lipinski definition) is 8. The summed E-state index contributed by atoms with van der Waals surface area (Å²) in [5, 5.41) is 0. The lowest BCUT2D eigenvalue weighted by atomic mass is 9.74. The highest BCUT2D eigenvalue weighted by atomic mass is 16.7. The SMILES string of the molecule is C=C1CC(=O)C=C(C)CCC2C(C(OC(C)=O)C(C=C(C)C)OC(C)=O)=COC(OC(C)=O)C12. The van der Waals surface area contributed by atoms with E-state index in [1.165, 1.54) is 27.0 Å². The Balaban J connectivity index is 2.63. The summed E-state index contributed by atoms with van der Waals surface area (Å²) in [4.78, 5) is 48.2. The highest BCUT2D eigenvalue weighted by Crippen LogP contribution is 2.43. The van der Waals surface area contributed by atoms with E-state index < -0.39 is 42.3 Å². The van der Waals surface area contributed by atoms with E-state index in [1.54, 1.807) is 12.2 Å². The number of ether oxygens (including phenoxy) is 4. The van der Waals surface area contributed by atoms with Crippen molar-refractivity contribution in [3.05, 3.63) is 47.3 Å². The van der Waals surface area contributed by atoms with Crippen LogP contribution in [0.2, 0.25) is 0 Å². The summed E-state index contributed by atoms with van der Waals surface area (Å²) in [6, 6.07) is 0. The molecule has 0 bridgehead atoms. The van der Waals surface area contributed by atoms with E-state index in [-0.39, 0.29) is 18.1 Å². The summed E-state index contributed by atoms with van der Waals surface area (Å²) in [6.45, 7) is 13.5. The van der Waals surface area contributed by atoms with Gasteiger partial charge in [-0.25, -0.2) is 0 Å². The summed E-state index contributed by atoms with van der Waals surface area (Å²) in [5.74, 6) is -2.64. The predicted molar refractivity (Wildman–Crippen MR) is 124 cm³/mol. The summed E-state index contributed by atoms with van der Waals surface area (Å²) < 4.78 is 22.5. The van der Waals surface area contributed by atoms with Crippen molar-refractivity contribution >= 4 is 23.7 Å². The van der Waals surface area contributed by atoms with E-state index in [2.05, 4.69) is 6.58 Å². The maximum absolute atomic E-state index is 12.5. The zero-order valence-corrected chi connectivity index (χ0v) is 20.7. The Morgan fingerprint density at radius 1 is 1.09 bits per heavy atom. The van der Waals surface area contributed by atoms with Crippen molar-refractivity contribution in [2.24, 2.45) is 11.8 Å². The molecule has 0 radical (unpaired) electrons. The number of carbonyl (C=O) groups is 4. The minimum Gasteiger partial charge on any atom is -0.462 e. The molecule has 2 aliphatic rings. The molecule has 186 valence electrons. The predicted octanol–water partition coefficient (Wildman–Crippen LogP) is 4.11. The van der Waals surface area contributed by atoms with Gasteiger partial charge < -0.3 is 18.9 Å². The Kier molecular flexibility index (Phi) is 9.41. The Morgan fingerprint density at radius 2 is 1.74 bits per heavy atom. The first-order valence-corrected chi connectivity index (χ1v) is 11.3. The van der Waals surface area contributed by atoms with Gasteiger partial charge in [0, 0.05) is 38.7 Å². The van der Waals surface area contributed by atoms with Crippen molar-refractivity contribution in [3.8, 4) is 0 Å². The summed E-state index contributed by atoms with van der Waals surface area (Å²) in [7, 11) is 0. The van der Waals surface area contributed by atoms with Gasteiger partial charge in [-0.1, -0.05) is 23.3 Å². The van der Waals surface area contributed by atoms with Crippen LogP contribution in [0.15, 0.2) is 47.3 Å². The minimum absolute atomic E-state index is 0.0620. The van der Waals surface area contributed by atoms with Crippen LogP contribution in [0.5, 0.6) is 0 Å². The van der Waals surface area contributed by atoms with Crippen molar-refractivity contribution in [3.63, 3.8) is 0 Å². The molecule has 5 unspecified atom stereocenters. The average Bonchev–Trinajstić information content (AvgIpc) is 2.73. The van der Waals surface area contributed by atoms with Gasteiger partial charge in [0.05, 0.1) is 12.2 Å². The van der Waals surface area contributed by atoms with Crippen molar-refractivity contribution in [1.82, 2.24) is 0 Å². The topological polar surface area (TPSA) is 105 Å². The lowest BCUT2D eigenvalue weighted by molar-refractivity contribution is -0.182. The molecule has 0 aromatic heterocycles. The van der Waals surface area contributed by atoms with Gasteiger partial charge in [-0.05, 0) is 45.8 Å². The molecule has 1 aliphatic carbocycles. The highest BCUT2D eigenvalue weighted by Gasteiger charge is 2.45. The average molecular weight is 475 g/mol. The van der Waals surface area contributed by atoms with Gasteiger partial charge in [-0.2, -0.15) is 0 Å². The van der Waals surface area contributed by atoms with E-state index in [0.717, 1.165) is 11.1 Å². The first kappa shape index (κ1) is 27.1. The first-order valence-electron chi connectivity index (χ1n) is 11.3. The third-order valence-electron chi connectivity index (χ3n) is 5.62. The summed E-state index contributed by atoms with van der Waals surface area (Å²) in [5.41, 5.74) is 2.87. The molecule has 0 aromatic carbocycles. The number of allylic oxidation sites excluding steroid dienone is 3. The van der Waals surface area contributed by atoms with E-state index in [0.29, 0.717) is 24.0 Å².